The summed E-state index contributed by atoms with van der Waals surface area (Å²) in [4.78, 5) is 13.1. The minimum Gasteiger partial charge on any atom is -0.288 e. The molecule has 4 rings (SSSR count). The second-order valence-corrected chi connectivity index (χ2v) is 6.18. The molecule has 0 N–H and O–H groups in total. The third-order valence-corrected chi connectivity index (χ3v) is 4.32. The summed E-state index contributed by atoms with van der Waals surface area (Å²) in [5.41, 5.74) is 4.01. The van der Waals surface area contributed by atoms with E-state index in [0.717, 1.165) is 16.7 Å². The normalized spacial score (nSPS) is 11.0. The van der Waals surface area contributed by atoms with Crippen molar-refractivity contribution >= 4 is 6.21 Å². The predicted octanol–water partition coefficient (Wildman–Crippen LogP) is 5.06. The van der Waals surface area contributed by atoms with Crippen LogP contribution in [0, 0.1) is 0 Å². The maximum Gasteiger partial charge on any atom is 0.197 e. The van der Waals surface area contributed by atoms with Gasteiger partial charge in [0, 0.05) is 23.5 Å². The third-order valence-electron chi connectivity index (χ3n) is 4.32. The van der Waals surface area contributed by atoms with E-state index in [4.69, 9.17) is 0 Å². The average molecular weight is 350 g/mol. The van der Waals surface area contributed by atoms with E-state index in [0.29, 0.717) is 11.1 Å². The quantitative estimate of drug-likeness (QED) is 0.474. The van der Waals surface area contributed by atoms with Gasteiger partial charge < -0.3 is 0 Å². The van der Waals surface area contributed by atoms with Crippen LogP contribution in [0.3, 0.4) is 0 Å². The molecule has 0 amide bonds. The van der Waals surface area contributed by atoms with Gasteiger partial charge in [-0.25, -0.2) is 4.68 Å². The molecule has 0 saturated heterocycles. The van der Waals surface area contributed by atoms with E-state index in [2.05, 4.69) is 5.10 Å². The number of hydrogen-bond acceptors (Lipinski definition) is 2. The van der Waals surface area contributed by atoms with Crippen molar-refractivity contribution in [2.75, 3.05) is 0 Å². The minimum atomic E-state index is -0.00133. The number of nitrogens with zero attached hydrogens (tertiary/aromatic N) is 2. The van der Waals surface area contributed by atoms with Crippen LogP contribution >= 0.6 is 0 Å². The highest BCUT2D eigenvalue weighted by Gasteiger charge is 2.11. The SMILES string of the molecule is O=c1c(-c2ccccc2)cn(/N=C/c2ccccc2)cc1-c1ccccc1. The average Bonchev–Trinajstić information content (AvgIpc) is 2.75. The van der Waals surface area contributed by atoms with Gasteiger partial charge in [0.05, 0.1) is 6.21 Å². The Morgan fingerprint density at radius 3 is 1.56 bits per heavy atom. The summed E-state index contributed by atoms with van der Waals surface area (Å²) in [7, 11) is 0. The largest absolute Gasteiger partial charge is 0.288 e. The van der Waals surface area contributed by atoms with E-state index in [9.17, 15) is 4.79 Å². The van der Waals surface area contributed by atoms with Gasteiger partial charge in [-0.15, -0.1) is 0 Å². The van der Waals surface area contributed by atoms with Gasteiger partial charge in [-0.05, 0) is 16.7 Å². The van der Waals surface area contributed by atoms with Crippen LogP contribution in [0.5, 0.6) is 0 Å². The van der Waals surface area contributed by atoms with Crippen molar-refractivity contribution in [3.8, 4) is 22.3 Å². The predicted molar refractivity (Wildman–Crippen MR) is 111 cm³/mol. The highest BCUT2D eigenvalue weighted by molar-refractivity contribution is 5.79. The first kappa shape index (κ1) is 16.7. The van der Waals surface area contributed by atoms with Crippen LogP contribution < -0.4 is 5.43 Å². The first-order chi connectivity index (χ1) is 13.3. The molecular formula is C24H18N2O. The maximum atomic E-state index is 13.1. The molecule has 1 aromatic heterocycles. The zero-order valence-corrected chi connectivity index (χ0v) is 14.7. The summed E-state index contributed by atoms with van der Waals surface area (Å²) in [6, 6.07) is 29.3. The first-order valence-electron chi connectivity index (χ1n) is 8.78. The lowest BCUT2D eigenvalue weighted by Gasteiger charge is -2.09. The molecule has 0 spiro atoms. The van der Waals surface area contributed by atoms with E-state index in [1.807, 2.05) is 91.0 Å². The van der Waals surface area contributed by atoms with Crippen molar-refractivity contribution in [3.05, 3.63) is 119 Å². The Morgan fingerprint density at radius 1 is 0.630 bits per heavy atom. The summed E-state index contributed by atoms with van der Waals surface area (Å²) in [5.74, 6) is 0. The third kappa shape index (κ3) is 3.77. The van der Waals surface area contributed by atoms with Crippen molar-refractivity contribution < 1.29 is 0 Å². The van der Waals surface area contributed by atoms with Crippen molar-refractivity contribution in [3.63, 3.8) is 0 Å². The van der Waals surface area contributed by atoms with Crippen LogP contribution in [0.15, 0.2) is 113 Å². The van der Waals surface area contributed by atoms with Crippen LogP contribution in [0.4, 0.5) is 0 Å². The Bertz CT molecular complexity index is 1050. The smallest absolute Gasteiger partial charge is 0.197 e. The van der Waals surface area contributed by atoms with Crippen LogP contribution in [0.1, 0.15) is 5.56 Å². The highest BCUT2D eigenvalue weighted by atomic mass is 16.1. The molecule has 0 atom stereocenters. The van der Waals surface area contributed by atoms with Gasteiger partial charge in [0.1, 0.15) is 0 Å². The van der Waals surface area contributed by atoms with Crippen molar-refractivity contribution in [1.29, 1.82) is 0 Å². The number of pyridine rings is 1. The summed E-state index contributed by atoms with van der Waals surface area (Å²) in [6.45, 7) is 0. The molecule has 3 heteroatoms. The monoisotopic (exact) mass is 350 g/mol. The fourth-order valence-corrected chi connectivity index (χ4v) is 2.95. The number of hydrogen-bond donors (Lipinski definition) is 0. The lowest BCUT2D eigenvalue weighted by molar-refractivity contribution is 0.874. The zero-order valence-electron chi connectivity index (χ0n) is 14.7. The summed E-state index contributed by atoms with van der Waals surface area (Å²) in [5, 5.41) is 4.54. The van der Waals surface area contributed by atoms with Crippen molar-refractivity contribution in [2.24, 2.45) is 5.10 Å². The summed E-state index contributed by atoms with van der Waals surface area (Å²) >= 11 is 0. The Kier molecular flexibility index (Phi) is 4.75. The second-order valence-electron chi connectivity index (χ2n) is 6.18. The summed E-state index contributed by atoms with van der Waals surface area (Å²) < 4.78 is 1.71. The number of benzene rings is 3. The van der Waals surface area contributed by atoms with Crippen LogP contribution in [0.2, 0.25) is 0 Å². The first-order valence-corrected chi connectivity index (χ1v) is 8.78. The van der Waals surface area contributed by atoms with Gasteiger partial charge in [-0.2, -0.15) is 5.10 Å². The number of aromatic nitrogens is 1. The molecular weight excluding hydrogens is 332 g/mol. The zero-order chi connectivity index (χ0) is 18.5. The number of rotatable bonds is 4. The summed E-state index contributed by atoms with van der Waals surface area (Å²) in [6.07, 6.45) is 5.35. The highest BCUT2D eigenvalue weighted by Crippen LogP contribution is 2.21. The minimum absolute atomic E-state index is 0.00133. The molecule has 0 fully saturated rings. The standard InChI is InChI=1S/C24H18N2O/c27-24-22(20-12-6-2-7-13-20)17-26(25-16-19-10-4-1-5-11-19)18-23(24)21-14-8-3-9-15-21/h1-18H/b25-16+. The molecule has 0 aliphatic rings. The Hall–Kier alpha value is -3.72. The van der Waals surface area contributed by atoms with Crippen LogP contribution in [-0.2, 0) is 0 Å². The van der Waals surface area contributed by atoms with Gasteiger partial charge in [-0.1, -0.05) is 91.0 Å². The van der Waals surface area contributed by atoms with Gasteiger partial charge in [0.2, 0.25) is 0 Å². The second kappa shape index (κ2) is 7.67. The van der Waals surface area contributed by atoms with E-state index in [1.54, 1.807) is 23.3 Å². The van der Waals surface area contributed by atoms with E-state index < -0.39 is 0 Å². The van der Waals surface area contributed by atoms with Gasteiger partial charge >= 0.3 is 0 Å². The molecule has 0 saturated carbocycles. The molecule has 3 nitrogen and oxygen atoms in total. The van der Waals surface area contributed by atoms with Crippen LogP contribution in [-0.4, -0.2) is 10.9 Å². The lowest BCUT2D eigenvalue weighted by atomic mass is 10.0. The Labute approximate surface area is 157 Å². The maximum absolute atomic E-state index is 13.1. The van der Waals surface area contributed by atoms with E-state index in [1.165, 1.54) is 0 Å². The topological polar surface area (TPSA) is 34.4 Å². The fourth-order valence-electron chi connectivity index (χ4n) is 2.95. The van der Waals surface area contributed by atoms with E-state index in [-0.39, 0.29) is 5.43 Å². The fraction of sp³-hybridized carbons (Fsp3) is 0. The van der Waals surface area contributed by atoms with E-state index >= 15 is 0 Å². The molecule has 1 heterocycles. The van der Waals surface area contributed by atoms with Gasteiger partial charge in [0.15, 0.2) is 5.43 Å². The molecule has 0 bridgehead atoms. The van der Waals surface area contributed by atoms with Gasteiger partial charge in [0.25, 0.3) is 0 Å². The molecule has 0 unspecified atom stereocenters. The van der Waals surface area contributed by atoms with Crippen LogP contribution in [0.25, 0.3) is 22.3 Å². The molecule has 27 heavy (non-hydrogen) atoms. The van der Waals surface area contributed by atoms with Crippen molar-refractivity contribution in [2.45, 2.75) is 0 Å². The molecule has 0 radical (unpaired) electrons. The molecule has 3 aromatic carbocycles. The van der Waals surface area contributed by atoms with Crippen molar-refractivity contribution in [1.82, 2.24) is 4.68 Å². The van der Waals surface area contributed by atoms with Gasteiger partial charge in [-0.3, -0.25) is 4.79 Å². The molecule has 4 aromatic rings. The molecule has 130 valence electrons. The molecule has 0 aliphatic carbocycles. The lowest BCUT2D eigenvalue weighted by Crippen LogP contribution is -2.11. The Balaban J connectivity index is 1.87. The molecule has 0 aliphatic heterocycles. The Morgan fingerprint density at radius 2 is 1.07 bits per heavy atom.